The van der Waals surface area contributed by atoms with E-state index in [-0.39, 0.29) is 0 Å². The third kappa shape index (κ3) is 2.85. The summed E-state index contributed by atoms with van der Waals surface area (Å²) in [5.41, 5.74) is 1.29. The Bertz CT molecular complexity index is 319. The highest BCUT2D eigenvalue weighted by Gasteiger charge is 2.22. The van der Waals surface area contributed by atoms with E-state index in [2.05, 4.69) is 23.5 Å². The first-order valence-corrected chi connectivity index (χ1v) is 6.50. The molecule has 2 unspecified atom stereocenters. The van der Waals surface area contributed by atoms with Crippen LogP contribution < -0.4 is 5.32 Å². The molecule has 2 atom stereocenters. The zero-order valence-corrected chi connectivity index (χ0v) is 10.4. The Kier molecular flexibility index (Phi) is 3.99. The van der Waals surface area contributed by atoms with Gasteiger partial charge < -0.3 is 5.32 Å². The standard InChI is InChI=1S/C13H23N3/c1-3-12-6-4-5-7-13(12)14-8-11-9-15-16(2)10-11/h9-10,12-14H,3-8H2,1-2H3. The van der Waals surface area contributed by atoms with E-state index < -0.39 is 0 Å². The van der Waals surface area contributed by atoms with Gasteiger partial charge in [-0.3, -0.25) is 4.68 Å². The van der Waals surface area contributed by atoms with Crippen molar-refractivity contribution in [3.8, 4) is 0 Å². The molecule has 0 bridgehead atoms. The van der Waals surface area contributed by atoms with Crippen LogP contribution in [0.4, 0.5) is 0 Å². The van der Waals surface area contributed by atoms with E-state index in [0.29, 0.717) is 0 Å². The normalized spacial score (nSPS) is 25.9. The second-order valence-electron chi connectivity index (χ2n) is 4.96. The SMILES string of the molecule is CCC1CCCCC1NCc1cnn(C)c1. The third-order valence-corrected chi connectivity index (χ3v) is 3.76. The lowest BCUT2D eigenvalue weighted by atomic mass is 9.83. The summed E-state index contributed by atoms with van der Waals surface area (Å²) in [4.78, 5) is 0. The second kappa shape index (κ2) is 5.48. The molecule has 1 N–H and O–H groups in total. The smallest absolute Gasteiger partial charge is 0.0534 e. The summed E-state index contributed by atoms with van der Waals surface area (Å²) in [6, 6.07) is 0.721. The maximum absolute atomic E-state index is 4.20. The highest BCUT2D eigenvalue weighted by atomic mass is 15.2. The fourth-order valence-electron chi connectivity index (χ4n) is 2.78. The van der Waals surface area contributed by atoms with Crippen molar-refractivity contribution in [1.29, 1.82) is 0 Å². The van der Waals surface area contributed by atoms with Gasteiger partial charge in [0.1, 0.15) is 0 Å². The molecule has 1 aliphatic carbocycles. The van der Waals surface area contributed by atoms with Gasteiger partial charge >= 0.3 is 0 Å². The van der Waals surface area contributed by atoms with Crippen molar-refractivity contribution < 1.29 is 0 Å². The Labute approximate surface area is 98.2 Å². The van der Waals surface area contributed by atoms with Crippen LogP contribution in [0.3, 0.4) is 0 Å². The van der Waals surface area contributed by atoms with Gasteiger partial charge in [-0.1, -0.05) is 26.2 Å². The van der Waals surface area contributed by atoms with E-state index in [9.17, 15) is 0 Å². The first-order valence-electron chi connectivity index (χ1n) is 6.50. The Morgan fingerprint density at radius 1 is 1.44 bits per heavy atom. The van der Waals surface area contributed by atoms with Crippen LogP contribution in [0.15, 0.2) is 12.4 Å². The second-order valence-corrected chi connectivity index (χ2v) is 4.96. The molecule has 0 aromatic carbocycles. The monoisotopic (exact) mass is 221 g/mol. The molecule has 1 aromatic heterocycles. The molecule has 3 heteroatoms. The lowest BCUT2D eigenvalue weighted by Crippen LogP contribution is -2.37. The fraction of sp³-hybridized carbons (Fsp3) is 0.769. The van der Waals surface area contributed by atoms with Crippen LogP contribution in [0.1, 0.15) is 44.6 Å². The van der Waals surface area contributed by atoms with Gasteiger partial charge in [0.15, 0.2) is 0 Å². The minimum absolute atomic E-state index is 0.721. The number of aromatic nitrogens is 2. The predicted octanol–water partition coefficient (Wildman–Crippen LogP) is 2.48. The topological polar surface area (TPSA) is 29.9 Å². The number of nitrogens with one attached hydrogen (secondary N) is 1. The zero-order chi connectivity index (χ0) is 11.4. The van der Waals surface area contributed by atoms with Crippen molar-refractivity contribution in [3.05, 3.63) is 18.0 Å². The average molecular weight is 221 g/mol. The lowest BCUT2D eigenvalue weighted by molar-refractivity contribution is 0.254. The third-order valence-electron chi connectivity index (χ3n) is 3.76. The van der Waals surface area contributed by atoms with E-state index in [1.165, 1.54) is 37.7 Å². The summed E-state index contributed by atoms with van der Waals surface area (Å²) in [5.74, 6) is 0.880. The van der Waals surface area contributed by atoms with Crippen molar-refractivity contribution in [2.24, 2.45) is 13.0 Å². The molecule has 90 valence electrons. The van der Waals surface area contributed by atoms with Crippen molar-refractivity contribution in [3.63, 3.8) is 0 Å². The zero-order valence-electron chi connectivity index (χ0n) is 10.4. The molecule has 0 amide bonds. The van der Waals surface area contributed by atoms with Crippen LogP contribution in [-0.2, 0) is 13.6 Å². The van der Waals surface area contributed by atoms with Crippen LogP contribution in [0.25, 0.3) is 0 Å². The molecule has 1 saturated carbocycles. The van der Waals surface area contributed by atoms with E-state index in [0.717, 1.165) is 18.5 Å². The Balaban J connectivity index is 1.84. The number of nitrogens with zero attached hydrogens (tertiary/aromatic N) is 2. The van der Waals surface area contributed by atoms with E-state index in [1.807, 2.05) is 17.9 Å². The van der Waals surface area contributed by atoms with Gasteiger partial charge in [-0.25, -0.2) is 0 Å². The van der Waals surface area contributed by atoms with Crippen LogP contribution in [-0.4, -0.2) is 15.8 Å². The molecule has 0 saturated heterocycles. The molecule has 2 rings (SSSR count). The van der Waals surface area contributed by atoms with Crippen molar-refractivity contribution in [2.75, 3.05) is 0 Å². The van der Waals surface area contributed by atoms with Gasteiger partial charge in [0.05, 0.1) is 6.20 Å². The quantitative estimate of drug-likeness (QED) is 0.846. The predicted molar refractivity (Wildman–Crippen MR) is 66.1 cm³/mol. The molecule has 1 aliphatic rings. The molecule has 1 aromatic rings. The molecule has 0 radical (unpaired) electrons. The lowest BCUT2D eigenvalue weighted by Gasteiger charge is -2.31. The van der Waals surface area contributed by atoms with E-state index >= 15 is 0 Å². The number of rotatable bonds is 4. The minimum atomic E-state index is 0.721. The van der Waals surface area contributed by atoms with Crippen LogP contribution >= 0.6 is 0 Å². The fourth-order valence-corrected chi connectivity index (χ4v) is 2.78. The first-order chi connectivity index (χ1) is 7.79. The van der Waals surface area contributed by atoms with Crippen molar-refractivity contribution >= 4 is 0 Å². The van der Waals surface area contributed by atoms with Gasteiger partial charge in [-0.05, 0) is 18.8 Å². The van der Waals surface area contributed by atoms with Gasteiger partial charge in [0.2, 0.25) is 0 Å². The summed E-state index contributed by atoms with van der Waals surface area (Å²) in [6.07, 6.45) is 10.9. The minimum Gasteiger partial charge on any atom is -0.310 e. The molecule has 0 aliphatic heterocycles. The summed E-state index contributed by atoms with van der Waals surface area (Å²) in [5, 5.41) is 7.90. The van der Waals surface area contributed by atoms with E-state index in [1.54, 1.807) is 0 Å². The summed E-state index contributed by atoms with van der Waals surface area (Å²) < 4.78 is 1.87. The van der Waals surface area contributed by atoms with Crippen LogP contribution in [0, 0.1) is 5.92 Å². The molecule has 16 heavy (non-hydrogen) atoms. The van der Waals surface area contributed by atoms with Gasteiger partial charge in [-0.15, -0.1) is 0 Å². The van der Waals surface area contributed by atoms with Crippen LogP contribution in [0.2, 0.25) is 0 Å². The molecule has 1 fully saturated rings. The summed E-state index contributed by atoms with van der Waals surface area (Å²) in [7, 11) is 1.97. The maximum atomic E-state index is 4.20. The average Bonchev–Trinajstić information content (AvgIpc) is 2.73. The van der Waals surface area contributed by atoms with Crippen LogP contribution in [0.5, 0.6) is 0 Å². The first kappa shape index (κ1) is 11.6. The summed E-state index contributed by atoms with van der Waals surface area (Å²) in [6.45, 7) is 3.28. The van der Waals surface area contributed by atoms with Gasteiger partial charge in [0, 0.05) is 31.4 Å². The number of hydrogen-bond acceptors (Lipinski definition) is 2. The van der Waals surface area contributed by atoms with Crippen molar-refractivity contribution in [2.45, 2.75) is 51.6 Å². The maximum Gasteiger partial charge on any atom is 0.0534 e. The van der Waals surface area contributed by atoms with Crippen molar-refractivity contribution in [1.82, 2.24) is 15.1 Å². The molecular formula is C13H23N3. The van der Waals surface area contributed by atoms with E-state index in [4.69, 9.17) is 0 Å². The molecule has 1 heterocycles. The Hall–Kier alpha value is -0.830. The number of hydrogen-bond donors (Lipinski definition) is 1. The molecular weight excluding hydrogens is 198 g/mol. The molecule has 3 nitrogen and oxygen atoms in total. The Morgan fingerprint density at radius 3 is 2.94 bits per heavy atom. The highest BCUT2D eigenvalue weighted by molar-refractivity contribution is 5.03. The highest BCUT2D eigenvalue weighted by Crippen LogP contribution is 2.26. The number of aryl methyl sites for hydroxylation is 1. The largest absolute Gasteiger partial charge is 0.310 e. The van der Waals surface area contributed by atoms with Gasteiger partial charge in [-0.2, -0.15) is 5.10 Å². The summed E-state index contributed by atoms with van der Waals surface area (Å²) >= 11 is 0. The Morgan fingerprint density at radius 2 is 2.25 bits per heavy atom. The molecule has 0 spiro atoms. The van der Waals surface area contributed by atoms with Gasteiger partial charge in [0.25, 0.3) is 0 Å².